The summed E-state index contributed by atoms with van der Waals surface area (Å²) < 4.78 is 28.8. The van der Waals surface area contributed by atoms with E-state index in [1.54, 1.807) is 31.5 Å². The lowest BCUT2D eigenvalue weighted by Crippen LogP contribution is -2.19. The van der Waals surface area contributed by atoms with Crippen molar-refractivity contribution in [1.82, 2.24) is 9.97 Å². The van der Waals surface area contributed by atoms with Crippen molar-refractivity contribution in [2.24, 2.45) is 0 Å². The highest BCUT2D eigenvalue weighted by Crippen LogP contribution is 2.29. The minimum atomic E-state index is -2.35. The maximum absolute atomic E-state index is 11.2. The molecule has 0 spiro atoms. The van der Waals surface area contributed by atoms with Crippen LogP contribution in [-0.2, 0) is 11.3 Å². The van der Waals surface area contributed by atoms with Gasteiger partial charge in [0.25, 0.3) is 0 Å². The number of methoxy groups -OCH3 is 1. The van der Waals surface area contributed by atoms with Crippen molar-refractivity contribution in [3.8, 4) is 16.9 Å². The molecule has 1 unspecified atom stereocenters. The zero-order chi connectivity index (χ0) is 21.1. The van der Waals surface area contributed by atoms with Crippen molar-refractivity contribution in [2.45, 2.75) is 0 Å². The van der Waals surface area contributed by atoms with E-state index in [9.17, 15) is 8.76 Å². The predicted octanol–water partition coefficient (Wildman–Crippen LogP) is 4.28. The average molecular weight is 419 g/mol. The first-order valence-electron chi connectivity index (χ1n) is 9.15. The van der Waals surface area contributed by atoms with Crippen molar-refractivity contribution in [3.63, 3.8) is 0 Å². The lowest BCUT2D eigenvalue weighted by atomic mass is 10.0. The third-order valence-electron chi connectivity index (χ3n) is 4.70. The van der Waals surface area contributed by atoms with Gasteiger partial charge in [-0.25, -0.2) is 9.97 Å². The Morgan fingerprint density at radius 3 is 2.57 bits per heavy atom. The topological polar surface area (TPSA) is 90.4 Å². The van der Waals surface area contributed by atoms with Gasteiger partial charge in [-0.05, 0) is 35.9 Å². The van der Waals surface area contributed by atoms with Crippen molar-refractivity contribution in [1.29, 1.82) is 0 Å². The van der Waals surface area contributed by atoms with Crippen molar-refractivity contribution in [2.75, 3.05) is 23.8 Å². The molecule has 1 heterocycles. The summed E-state index contributed by atoms with van der Waals surface area (Å²) in [5, 5.41) is 4.08. The molecular weight excluding hydrogens is 400 g/mol. The van der Waals surface area contributed by atoms with Crippen LogP contribution < -0.4 is 14.4 Å². The van der Waals surface area contributed by atoms with E-state index in [1.165, 1.54) is 7.05 Å². The first kappa shape index (κ1) is 19.8. The van der Waals surface area contributed by atoms with Gasteiger partial charge in [0.05, 0.1) is 12.6 Å². The molecule has 1 atom stereocenters. The number of fused-ring (bicyclic) bond motifs is 1. The van der Waals surface area contributed by atoms with Gasteiger partial charge in [-0.2, -0.15) is 0 Å². The molecule has 1 N–H and O–H groups in total. The van der Waals surface area contributed by atoms with Crippen LogP contribution in [0.2, 0.25) is 0 Å². The second-order valence-corrected chi connectivity index (χ2v) is 7.54. The van der Waals surface area contributed by atoms with Crippen LogP contribution >= 0.6 is 0 Å². The number of anilines is 3. The summed E-state index contributed by atoms with van der Waals surface area (Å²) in [6, 6.07) is 20.8. The third-order valence-corrected chi connectivity index (χ3v) is 5.36. The smallest absolute Gasteiger partial charge is 0.227 e. The number of hydrogen-bond acceptors (Lipinski definition) is 6. The van der Waals surface area contributed by atoms with Crippen LogP contribution in [0, 0.1) is 0 Å². The maximum Gasteiger partial charge on any atom is 0.227 e. The minimum Gasteiger partial charge on any atom is -0.755 e. The molecule has 30 heavy (non-hydrogen) atoms. The third kappa shape index (κ3) is 4.10. The highest BCUT2D eigenvalue weighted by atomic mass is 32.2. The molecule has 3 aromatic carbocycles. The molecule has 0 aliphatic rings. The van der Waals surface area contributed by atoms with Crippen LogP contribution in [0.4, 0.5) is 17.3 Å². The first-order chi connectivity index (χ1) is 14.5. The summed E-state index contributed by atoms with van der Waals surface area (Å²) in [6.45, 7) is 0. The number of para-hydroxylation sites is 1. The van der Waals surface area contributed by atoms with Crippen molar-refractivity contribution < 1.29 is 13.5 Å². The monoisotopic (exact) mass is 419 g/mol. The SMILES string of the molecule is COc1ccc(-c2cccc3cnc(Nc4cccc(N(C)S(=O)[O-])c4)nc23)cc1. The summed E-state index contributed by atoms with van der Waals surface area (Å²) in [6.07, 6.45) is 1.76. The number of nitrogens with one attached hydrogen (secondary N) is 1. The van der Waals surface area contributed by atoms with Gasteiger partial charge in [0, 0.05) is 46.8 Å². The lowest BCUT2D eigenvalue weighted by Gasteiger charge is -2.21. The van der Waals surface area contributed by atoms with E-state index in [-0.39, 0.29) is 0 Å². The van der Waals surface area contributed by atoms with Crippen LogP contribution in [0.25, 0.3) is 22.0 Å². The van der Waals surface area contributed by atoms with Gasteiger partial charge in [-0.15, -0.1) is 0 Å². The van der Waals surface area contributed by atoms with Crippen LogP contribution in [-0.4, -0.2) is 32.9 Å². The fourth-order valence-corrected chi connectivity index (χ4v) is 3.40. The Kier molecular flexibility index (Phi) is 5.60. The number of benzene rings is 3. The van der Waals surface area contributed by atoms with Gasteiger partial charge >= 0.3 is 0 Å². The second kappa shape index (κ2) is 8.48. The van der Waals surface area contributed by atoms with E-state index in [2.05, 4.69) is 10.3 Å². The molecule has 8 heteroatoms. The Bertz CT molecular complexity index is 1210. The largest absolute Gasteiger partial charge is 0.755 e. The molecule has 0 saturated heterocycles. The second-order valence-electron chi connectivity index (χ2n) is 6.56. The number of ether oxygens (including phenoxy) is 1. The van der Waals surface area contributed by atoms with Gasteiger partial charge in [0.1, 0.15) is 5.75 Å². The minimum absolute atomic E-state index is 0.423. The zero-order valence-corrected chi connectivity index (χ0v) is 17.2. The van der Waals surface area contributed by atoms with Gasteiger partial charge in [-0.3, -0.25) is 4.21 Å². The fourth-order valence-electron chi connectivity index (χ4n) is 3.11. The van der Waals surface area contributed by atoms with E-state index in [0.717, 1.165) is 32.1 Å². The summed E-state index contributed by atoms with van der Waals surface area (Å²) in [4.78, 5) is 9.11. The molecule has 0 aliphatic heterocycles. The number of nitrogens with zero attached hydrogens (tertiary/aromatic N) is 3. The average Bonchev–Trinajstić information content (AvgIpc) is 2.78. The molecular formula is C22H19N4O3S-. The first-order valence-corrected chi connectivity index (χ1v) is 10.2. The van der Waals surface area contributed by atoms with Crippen molar-refractivity contribution in [3.05, 3.63) is 72.9 Å². The van der Waals surface area contributed by atoms with Crippen LogP contribution in [0.5, 0.6) is 5.75 Å². The Morgan fingerprint density at radius 2 is 1.83 bits per heavy atom. The summed E-state index contributed by atoms with van der Waals surface area (Å²) in [5.41, 5.74) is 4.04. The molecule has 0 amide bonds. The Balaban J connectivity index is 1.69. The molecule has 0 fully saturated rings. The zero-order valence-electron chi connectivity index (χ0n) is 16.4. The molecule has 4 rings (SSSR count). The normalized spacial score (nSPS) is 11.8. The van der Waals surface area contributed by atoms with Crippen LogP contribution in [0.15, 0.2) is 72.9 Å². The number of aromatic nitrogens is 2. The molecule has 0 radical (unpaired) electrons. The lowest BCUT2D eigenvalue weighted by molar-refractivity contribution is 0.415. The molecule has 152 valence electrons. The quantitative estimate of drug-likeness (QED) is 0.469. The van der Waals surface area contributed by atoms with Crippen LogP contribution in [0.3, 0.4) is 0 Å². The highest BCUT2D eigenvalue weighted by molar-refractivity contribution is 7.80. The molecule has 1 aromatic heterocycles. The fraction of sp³-hybridized carbons (Fsp3) is 0.0909. The Hall–Kier alpha value is -3.49. The van der Waals surface area contributed by atoms with E-state index < -0.39 is 11.3 Å². The summed E-state index contributed by atoms with van der Waals surface area (Å²) >= 11 is -2.35. The molecule has 0 aliphatic carbocycles. The summed E-state index contributed by atoms with van der Waals surface area (Å²) in [5.74, 6) is 1.21. The highest BCUT2D eigenvalue weighted by Gasteiger charge is 2.09. The van der Waals surface area contributed by atoms with E-state index in [1.807, 2.05) is 48.5 Å². The van der Waals surface area contributed by atoms with E-state index in [4.69, 9.17) is 9.72 Å². The summed E-state index contributed by atoms with van der Waals surface area (Å²) in [7, 11) is 3.12. The van der Waals surface area contributed by atoms with Gasteiger partial charge in [-0.1, -0.05) is 36.4 Å². The van der Waals surface area contributed by atoms with Gasteiger partial charge in [0.15, 0.2) is 0 Å². The predicted molar refractivity (Wildman–Crippen MR) is 119 cm³/mol. The maximum atomic E-state index is 11.2. The van der Waals surface area contributed by atoms with E-state index >= 15 is 0 Å². The number of rotatable bonds is 6. The van der Waals surface area contributed by atoms with Gasteiger partial charge in [0.2, 0.25) is 5.95 Å². The Morgan fingerprint density at radius 1 is 1.07 bits per heavy atom. The van der Waals surface area contributed by atoms with Crippen LogP contribution in [0.1, 0.15) is 0 Å². The standard InChI is InChI=1S/C22H20N4O3S/c1-26(30(27)28)18-7-4-6-17(13-18)24-22-23-14-16-5-3-8-20(21(16)25-22)15-9-11-19(29-2)12-10-15/h3-14H,1-2H3,(H,27,28)(H,23,24,25)/p-1. The Labute approximate surface area is 176 Å². The molecule has 7 nitrogen and oxygen atoms in total. The molecule has 4 aromatic rings. The van der Waals surface area contributed by atoms with E-state index in [0.29, 0.717) is 17.3 Å². The number of hydrogen-bond donors (Lipinski definition) is 1. The van der Waals surface area contributed by atoms with Crippen molar-refractivity contribution >= 4 is 39.5 Å². The molecule has 0 saturated carbocycles. The molecule has 0 bridgehead atoms. The van der Waals surface area contributed by atoms with Gasteiger partial charge < -0.3 is 18.9 Å².